The normalized spacial score (nSPS) is 18.0. The second kappa shape index (κ2) is 4.37. The molecule has 0 bridgehead atoms. The molecule has 0 radical (unpaired) electrons. The molecule has 0 aliphatic carbocycles. The van der Waals surface area contributed by atoms with Crippen molar-refractivity contribution in [2.24, 2.45) is 0 Å². The van der Waals surface area contributed by atoms with Crippen molar-refractivity contribution in [2.45, 2.75) is 19.4 Å². The third-order valence-corrected chi connectivity index (χ3v) is 3.36. The summed E-state index contributed by atoms with van der Waals surface area (Å²) in [5.41, 5.74) is 2.30. The Hall–Kier alpha value is -1.97. The summed E-state index contributed by atoms with van der Waals surface area (Å²) in [7, 11) is 1.70. The van der Waals surface area contributed by atoms with Crippen LogP contribution >= 0.6 is 0 Å². The van der Waals surface area contributed by atoms with Crippen molar-refractivity contribution in [1.82, 2.24) is 9.78 Å². The van der Waals surface area contributed by atoms with Gasteiger partial charge in [0.2, 0.25) is 0 Å². The van der Waals surface area contributed by atoms with Gasteiger partial charge in [0.25, 0.3) is 0 Å². The second-order valence-corrected chi connectivity index (χ2v) is 4.62. The molecule has 18 heavy (non-hydrogen) atoms. The number of rotatable bonds is 2. The predicted molar refractivity (Wildman–Crippen MR) is 71.2 cm³/mol. The summed E-state index contributed by atoms with van der Waals surface area (Å²) in [4.78, 5) is 0. The number of ether oxygens (including phenoxy) is 1. The first-order valence-corrected chi connectivity index (χ1v) is 6.22. The number of aryl methyl sites for hydroxylation is 1. The molecule has 1 N–H and O–H groups in total. The van der Waals surface area contributed by atoms with E-state index in [4.69, 9.17) is 4.74 Å². The Morgan fingerprint density at radius 3 is 3.11 bits per heavy atom. The maximum atomic E-state index is 5.29. The van der Waals surface area contributed by atoms with E-state index < -0.39 is 0 Å². The molecule has 1 atom stereocenters. The third-order valence-electron chi connectivity index (χ3n) is 3.36. The van der Waals surface area contributed by atoms with Crippen molar-refractivity contribution in [1.29, 1.82) is 0 Å². The van der Waals surface area contributed by atoms with Gasteiger partial charge in [-0.05, 0) is 31.0 Å². The fraction of sp³-hybridized carbons (Fsp3) is 0.357. The van der Waals surface area contributed by atoms with E-state index in [1.165, 1.54) is 5.56 Å². The molecular weight excluding hydrogens is 226 g/mol. The molecule has 1 aliphatic rings. The molecule has 4 nitrogen and oxygen atoms in total. The molecule has 0 spiro atoms. The Bertz CT molecular complexity index is 562. The van der Waals surface area contributed by atoms with E-state index in [2.05, 4.69) is 33.3 Å². The monoisotopic (exact) mass is 243 g/mol. The number of hydrogen-bond donors (Lipinski definition) is 1. The number of methoxy groups -OCH3 is 1. The number of nitrogens with zero attached hydrogens (tertiary/aromatic N) is 2. The molecule has 1 aromatic carbocycles. The molecule has 2 heterocycles. The third kappa shape index (κ3) is 1.83. The average Bonchev–Trinajstić information content (AvgIpc) is 2.78. The Morgan fingerprint density at radius 2 is 2.28 bits per heavy atom. The number of nitrogens with one attached hydrogen (secondary N) is 1. The van der Waals surface area contributed by atoms with Gasteiger partial charge in [-0.3, -0.25) is 0 Å². The molecular formula is C14H17N3O. The standard InChI is InChI=1S/C14H17N3O/c1-10-8-14-15-7-6-13(17(14)16-10)11-4-3-5-12(9-11)18-2/h3-5,8-9,13,15H,6-7H2,1-2H3. The zero-order valence-electron chi connectivity index (χ0n) is 10.7. The van der Waals surface area contributed by atoms with Gasteiger partial charge in [-0.1, -0.05) is 12.1 Å². The number of fused-ring (bicyclic) bond motifs is 1. The lowest BCUT2D eigenvalue weighted by molar-refractivity contribution is 0.411. The molecule has 1 aromatic heterocycles. The predicted octanol–water partition coefficient (Wildman–Crippen LogP) is 2.61. The Balaban J connectivity index is 2.02. The van der Waals surface area contributed by atoms with Crippen molar-refractivity contribution in [3.63, 3.8) is 0 Å². The van der Waals surface area contributed by atoms with Crippen LogP contribution in [0.1, 0.15) is 23.7 Å². The van der Waals surface area contributed by atoms with Crippen LogP contribution in [-0.4, -0.2) is 23.4 Å². The van der Waals surface area contributed by atoms with Gasteiger partial charge < -0.3 is 10.1 Å². The first-order valence-electron chi connectivity index (χ1n) is 6.22. The van der Waals surface area contributed by atoms with Crippen molar-refractivity contribution in [3.8, 4) is 5.75 Å². The number of anilines is 1. The lowest BCUT2D eigenvalue weighted by atomic mass is 10.0. The van der Waals surface area contributed by atoms with E-state index in [-0.39, 0.29) is 0 Å². The Labute approximate surface area is 107 Å². The van der Waals surface area contributed by atoms with E-state index in [0.717, 1.165) is 30.2 Å². The minimum atomic E-state index is 0.296. The fourth-order valence-corrected chi connectivity index (χ4v) is 2.50. The molecule has 1 unspecified atom stereocenters. The summed E-state index contributed by atoms with van der Waals surface area (Å²) in [5, 5.41) is 7.96. The van der Waals surface area contributed by atoms with Crippen LogP contribution in [0, 0.1) is 6.92 Å². The molecule has 1 aliphatic heterocycles. The molecule has 3 rings (SSSR count). The van der Waals surface area contributed by atoms with Gasteiger partial charge in [-0.25, -0.2) is 4.68 Å². The molecule has 0 amide bonds. The Morgan fingerprint density at radius 1 is 1.39 bits per heavy atom. The van der Waals surface area contributed by atoms with Gasteiger partial charge in [-0.15, -0.1) is 0 Å². The molecule has 0 fully saturated rings. The van der Waals surface area contributed by atoms with Crippen molar-refractivity contribution < 1.29 is 4.74 Å². The fourth-order valence-electron chi connectivity index (χ4n) is 2.50. The molecule has 0 saturated heterocycles. The first-order chi connectivity index (χ1) is 8.78. The highest BCUT2D eigenvalue weighted by atomic mass is 16.5. The summed E-state index contributed by atoms with van der Waals surface area (Å²) < 4.78 is 7.37. The number of hydrogen-bond acceptors (Lipinski definition) is 3. The minimum absolute atomic E-state index is 0.296. The Kier molecular flexibility index (Phi) is 2.70. The molecule has 4 heteroatoms. The lowest BCUT2D eigenvalue weighted by Crippen LogP contribution is -2.24. The highest BCUT2D eigenvalue weighted by molar-refractivity contribution is 5.42. The van der Waals surface area contributed by atoms with E-state index in [9.17, 15) is 0 Å². The minimum Gasteiger partial charge on any atom is -0.497 e. The van der Waals surface area contributed by atoms with Crippen LogP contribution in [0.15, 0.2) is 30.3 Å². The summed E-state index contributed by atoms with van der Waals surface area (Å²) in [5.74, 6) is 2.00. The lowest BCUT2D eigenvalue weighted by Gasteiger charge is -2.26. The van der Waals surface area contributed by atoms with Crippen LogP contribution in [0.2, 0.25) is 0 Å². The zero-order chi connectivity index (χ0) is 12.5. The molecule has 0 saturated carbocycles. The van der Waals surface area contributed by atoms with Crippen LogP contribution < -0.4 is 10.1 Å². The maximum absolute atomic E-state index is 5.29. The van der Waals surface area contributed by atoms with Crippen LogP contribution in [0.4, 0.5) is 5.82 Å². The van der Waals surface area contributed by atoms with Crippen molar-refractivity contribution in [2.75, 3.05) is 19.0 Å². The van der Waals surface area contributed by atoms with Crippen LogP contribution in [-0.2, 0) is 0 Å². The maximum Gasteiger partial charge on any atom is 0.125 e. The van der Waals surface area contributed by atoms with E-state index in [0.29, 0.717) is 6.04 Å². The number of benzene rings is 1. The van der Waals surface area contributed by atoms with E-state index >= 15 is 0 Å². The van der Waals surface area contributed by atoms with Gasteiger partial charge in [0.05, 0.1) is 18.8 Å². The zero-order valence-corrected chi connectivity index (χ0v) is 10.7. The van der Waals surface area contributed by atoms with E-state index in [1.807, 2.05) is 19.1 Å². The summed E-state index contributed by atoms with van der Waals surface area (Å²) in [6.45, 7) is 3.00. The van der Waals surface area contributed by atoms with Crippen LogP contribution in [0.3, 0.4) is 0 Å². The molecule has 2 aromatic rings. The van der Waals surface area contributed by atoms with Crippen molar-refractivity contribution in [3.05, 3.63) is 41.6 Å². The van der Waals surface area contributed by atoms with Gasteiger partial charge in [0.1, 0.15) is 11.6 Å². The van der Waals surface area contributed by atoms with Gasteiger partial charge in [-0.2, -0.15) is 5.10 Å². The highest BCUT2D eigenvalue weighted by Gasteiger charge is 2.22. The largest absolute Gasteiger partial charge is 0.497 e. The van der Waals surface area contributed by atoms with Gasteiger partial charge in [0, 0.05) is 12.6 Å². The van der Waals surface area contributed by atoms with Crippen molar-refractivity contribution >= 4 is 5.82 Å². The van der Waals surface area contributed by atoms with Gasteiger partial charge in [0.15, 0.2) is 0 Å². The quantitative estimate of drug-likeness (QED) is 0.881. The molecule has 94 valence electrons. The summed E-state index contributed by atoms with van der Waals surface area (Å²) in [6, 6.07) is 10.6. The highest BCUT2D eigenvalue weighted by Crippen LogP contribution is 2.31. The summed E-state index contributed by atoms with van der Waals surface area (Å²) >= 11 is 0. The average molecular weight is 243 g/mol. The smallest absolute Gasteiger partial charge is 0.125 e. The van der Waals surface area contributed by atoms with Gasteiger partial charge >= 0.3 is 0 Å². The van der Waals surface area contributed by atoms with Crippen LogP contribution in [0.5, 0.6) is 5.75 Å². The van der Waals surface area contributed by atoms with E-state index in [1.54, 1.807) is 7.11 Å². The SMILES string of the molecule is COc1cccc(C2CCNc3cc(C)nn32)c1. The van der Waals surface area contributed by atoms with Crippen LogP contribution in [0.25, 0.3) is 0 Å². The second-order valence-electron chi connectivity index (χ2n) is 4.62. The first kappa shape index (κ1) is 11.1. The summed E-state index contributed by atoms with van der Waals surface area (Å²) in [6.07, 6.45) is 1.04. The topological polar surface area (TPSA) is 39.1 Å². The number of aromatic nitrogens is 2.